The third-order valence-electron chi connectivity index (χ3n) is 3.55. The van der Waals surface area contributed by atoms with E-state index in [2.05, 4.69) is 16.0 Å². The van der Waals surface area contributed by atoms with Gasteiger partial charge in [0.2, 0.25) is 0 Å². The Kier molecular flexibility index (Phi) is 4.04. The number of aryl methyl sites for hydroxylation is 2. The molecule has 6 heteroatoms. The van der Waals surface area contributed by atoms with Crippen LogP contribution in [0, 0.1) is 18.3 Å². The van der Waals surface area contributed by atoms with Crippen molar-refractivity contribution >= 4 is 34.2 Å². The first-order valence-electron chi connectivity index (χ1n) is 7.05. The second-order valence-electron chi connectivity index (χ2n) is 5.11. The van der Waals surface area contributed by atoms with Crippen LogP contribution in [0.2, 0.25) is 0 Å². The first-order valence-corrected chi connectivity index (χ1v) is 7.93. The number of benzene rings is 1. The highest BCUT2D eigenvalue weighted by molar-refractivity contribution is 7.09. The average Bonchev–Trinajstić information content (AvgIpc) is 3.11. The molecule has 0 saturated carbocycles. The fraction of sp³-hybridized carbons (Fsp3) is 0.176. The van der Waals surface area contributed by atoms with Crippen molar-refractivity contribution in [2.45, 2.75) is 12.8 Å². The number of nitrogens with zero attached hydrogens (tertiary/aromatic N) is 4. The number of aromatic nitrogens is 3. The molecule has 1 atom stereocenters. The van der Waals surface area contributed by atoms with Crippen molar-refractivity contribution in [3.05, 3.63) is 52.2 Å². The van der Waals surface area contributed by atoms with Crippen molar-refractivity contribution in [3.63, 3.8) is 0 Å². The van der Waals surface area contributed by atoms with Crippen molar-refractivity contribution in [1.82, 2.24) is 14.5 Å². The van der Waals surface area contributed by atoms with E-state index >= 15 is 0 Å². The molecule has 23 heavy (non-hydrogen) atoms. The van der Waals surface area contributed by atoms with E-state index < -0.39 is 5.92 Å². The van der Waals surface area contributed by atoms with Crippen LogP contribution in [-0.4, -0.2) is 20.3 Å². The Balaban J connectivity index is 1.92. The Morgan fingerprint density at radius 2 is 2.17 bits per heavy atom. The predicted octanol–water partition coefficient (Wildman–Crippen LogP) is 3.23. The lowest BCUT2D eigenvalue weighted by atomic mass is 10.0. The molecular formula is C17H14N4OS. The number of hydrogen-bond acceptors (Lipinski definition) is 5. The van der Waals surface area contributed by atoms with Crippen LogP contribution in [0.1, 0.15) is 22.4 Å². The van der Waals surface area contributed by atoms with E-state index in [1.54, 1.807) is 10.6 Å². The highest BCUT2D eigenvalue weighted by atomic mass is 32.1. The Hall–Kier alpha value is -2.78. The third-order valence-corrected chi connectivity index (χ3v) is 4.34. The van der Waals surface area contributed by atoms with Gasteiger partial charge in [-0.15, -0.1) is 11.3 Å². The van der Waals surface area contributed by atoms with Gasteiger partial charge in [-0.05, 0) is 31.2 Å². The van der Waals surface area contributed by atoms with E-state index in [-0.39, 0.29) is 5.78 Å². The van der Waals surface area contributed by atoms with E-state index in [1.165, 1.54) is 17.4 Å². The standard InChI is InChI=1S/C17H14N4OS/c1-11-19-12(10-23-11)7-8-16(22)13(9-18)17-20-14-5-3-4-6-15(14)21(17)2/h3-8,10,13H,1-2H3. The number of nitriles is 1. The normalized spacial score (nSPS) is 12.6. The highest BCUT2D eigenvalue weighted by Crippen LogP contribution is 2.22. The van der Waals surface area contributed by atoms with Gasteiger partial charge in [-0.1, -0.05) is 12.1 Å². The van der Waals surface area contributed by atoms with Crippen molar-refractivity contribution in [1.29, 1.82) is 5.26 Å². The molecule has 0 radical (unpaired) electrons. The minimum absolute atomic E-state index is 0.295. The largest absolute Gasteiger partial charge is 0.330 e. The number of ketones is 1. The van der Waals surface area contributed by atoms with Crippen LogP contribution in [0.25, 0.3) is 17.1 Å². The highest BCUT2D eigenvalue weighted by Gasteiger charge is 2.23. The van der Waals surface area contributed by atoms with E-state index in [1.807, 2.05) is 43.6 Å². The topological polar surface area (TPSA) is 71.6 Å². The number of hydrogen-bond donors (Lipinski definition) is 0. The van der Waals surface area contributed by atoms with Gasteiger partial charge >= 0.3 is 0 Å². The van der Waals surface area contributed by atoms with Gasteiger partial charge in [0.05, 0.1) is 27.8 Å². The number of allylic oxidation sites excluding steroid dienone is 1. The molecule has 2 heterocycles. The molecule has 0 spiro atoms. The van der Waals surface area contributed by atoms with Crippen molar-refractivity contribution < 1.29 is 4.79 Å². The van der Waals surface area contributed by atoms with Crippen molar-refractivity contribution in [2.24, 2.45) is 7.05 Å². The number of rotatable bonds is 4. The molecule has 0 aliphatic rings. The molecule has 0 aliphatic carbocycles. The zero-order valence-electron chi connectivity index (χ0n) is 12.7. The Morgan fingerprint density at radius 1 is 1.39 bits per heavy atom. The average molecular weight is 322 g/mol. The number of carbonyl (C=O) groups is 1. The lowest BCUT2D eigenvalue weighted by Crippen LogP contribution is -2.13. The van der Waals surface area contributed by atoms with Crippen LogP contribution in [0.3, 0.4) is 0 Å². The SMILES string of the molecule is Cc1nc(C=CC(=O)C(C#N)c2nc3ccccc3n2C)cs1. The summed E-state index contributed by atoms with van der Waals surface area (Å²) >= 11 is 1.52. The minimum Gasteiger partial charge on any atom is -0.330 e. The molecular weight excluding hydrogens is 308 g/mol. The zero-order chi connectivity index (χ0) is 16.4. The number of carbonyl (C=O) groups excluding carboxylic acids is 1. The summed E-state index contributed by atoms with van der Waals surface area (Å²) in [4.78, 5) is 21.1. The molecule has 0 aliphatic heterocycles. The molecule has 5 nitrogen and oxygen atoms in total. The summed E-state index contributed by atoms with van der Waals surface area (Å²) in [5.41, 5.74) is 2.40. The second-order valence-corrected chi connectivity index (χ2v) is 6.17. The summed E-state index contributed by atoms with van der Waals surface area (Å²) in [7, 11) is 1.82. The van der Waals surface area contributed by atoms with Crippen LogP contribution >= 0.6 is 11.3 Å². The monoisotopic (exact) mass is 322 g/mol. The number of imidazole rings is 1. The maximum absolute atomic E-state index is 12.4. The van der Waals surface area contributed by atoms with Gasteiger partial charge in [-0.2, -0.15) is 5.26 Å². The third kappa shape index (κ3) is 2.91. The Bertz CT molecular complexity index is 945. The summed E-state index contributed by atoms with van der Waals surface area (Å²) in [5, 5.41) is 12.2. The van der Waals surface area contributed by atoms with Crippen LogP contribution in [0.4, 0.5) is 0 Å². The maximum Gasteiger partial charge on any atom is 0.180 e. The number of thiazole rings is 1. The molecule has 0 amide bonds. The fourth-order valence-electron chi connectivity index (χ4n) is 2.39. The smallest absolute Gasteiger partial charge is 0.180 e. The minimum atomic E-state index is -0.927. The van der Waals surface area contributed by atoms with Gasteiger partial charge in [0.15, 0.2) is 11.7 Å². The number of para-hydroxylation sites is 2. The van der Waals surface area contributed by atoms with E-state index in [4.69, 9.17) is 0 Å². The lowest BCUT2D eigenvalue weighted by molar-refractivity contribution is -0.115. The Morgan fingerprint density at radius 3 is 2.83 bits per heavy atom. The van der Waals surface area contributed by atoms with Crippen molar-refractivity contribution in [2.75, 3.05) is 0 Å². The fourth-order valence-corrected chi connectivity index (χ4v) is 2.97. The summed E-state index contributed by atoms with van der Waals surface area (Å²) in [6, 6.07) is 9.63. The summed E-state index contributed by atoms with van der Waals surface area (Å²) < 4.78 is 1.79. The van der Waals surface area contributed by atoms with Gasteiger partial charge in [0.1, 0.15) is 5.82 Å². The van der Waals surface area contributed by atoms with Gasteiger partial charge in [0.25, 0.3) is 0 Å². The molecule has 0 saturated heterocycles. The van der Waals surface area contributed by atoms with Crippen LogP contribution < -0.4 is 0 Å². The predicted molar refractivity (Wildman–Crippen MR) is 90.0 cm³/mol. The summed E-state index contributed by atoms with van der Waals surface area (Å²) in [6.07, 6.45) is 3.04. The quantitative estimate of drug-likeness (QED) is 0.691. The van der Waals surface area contributed by atoms with Crippen LogP contribution in [0.5, 0.6) is 0 Å². The lowest BCUT2D eigenvalue weighted by Gasteiger charge is -2.05. The molecule has 114 valence electrons. The molecule has 1 aromatic carbocycles. The molecule has 0 fully saturated rings. The summed E-state index contributed by atoms with van der Waals surface area (Å²) in [5.74, 6) is -0.766. The zero-order valence-corrected chi connectivity index (χ0v) is 13.5. The first kappa shape index (κ1) is 15.1. The Labute approximate surface area is 137 Å². The molecule has 3 rings (SSSR count). The van der Waals surface area contributed by atoms with Gasteiger partial charge in [0, 0.05) is 12.4 Å². The molecule has 0 N–H and O–H groups in total. The summed E-state index contributed by atoms with van der Waals surface area (Å²) in [6.45, 7) is 1.90. The van der Waals surface area contributed by atoms with Crippen LogP contribution in [0.15, 0.2) is 35.7 Å². The molecule has 0 bridgehead atoms. The molecule has 1 unspecified atom stereocenters. The van der Waals surface area contributed by atoms with Crippen molar-refractivity contribution in [3.8, 4) is 6.07 Å². The number of fused-ring (bicyclic) bond motifs is 1. The van der Waals surface area contributed by atoms with E-state index in [0.29, 0.717) is 5.82 Å². The van der Waals surface area contributed by atoms with Gasteiger partial charge in [-0.3, -0.25) is 4.79 Å². The second kappa shape index (κ2) is 6.15. The maximum atomic E-state index is 12.4. The van der Waals surface area contributed by atoms with Gasteiger partial charge < -0.3 is 4.57 Å². The molecule has 3 aromatic rings. The molecule has 2 aromatic heterocycles. The van der Waals surface area contributed by atoms with Gasteiger partial charge in [-0.25, -0.2) is 9.97 Å². The van der Waals surface area contributed by atoms with E-state index in [0.717, 1.165) is 21.7 Å². The van der Waals surface area contributed by atoms with E-state index in [9.17, 15) is 10.1 Å². The first-order chi connectivity index (χ1) is 11.1. The van der Waals surface area contributed by atoms with Crippen LogP contribution in [-0.2, 0) is 11.8 Å².